The number of hydrogen-bond donors (Lipinski definition) is 2. The maximum atomic E-state index is 11.3. The predicted octanol–water partition coefficient (Wildman–Crippen LogP) is 0.290. The van der Waals surface area contributed by atoms with E-state index in [9.17, 15) is 4.79 Å². The van der Waals surface area contributed by atoms with Crippen molar-refractivity contribution < 1.29 is 19.0 Å². The van der Waals surface area contributed by atoms with Crippen LogP contribution in [0.2, 0.25) is 0 Å². The molecule has 116 valence electrons. The van der Waals surface area contributed by atoms with E-state index in [4.69, 9.17) is 19.9 Å². The van der Waals surface area contributed by atoms with Gasteiger partial charge in [-0.15, -0.1) is 0 Å². The molecule has 1 saturated heterocycles. The van der Waals surface area contributed by atoms with E-state index >= 15 is 0 Å². The summed E-state index contributed by atoms with van der Waals surface area (Å²) in [6.07, 6.45) is 1.09. The van der Waals surface area contributed by atoms with Gasteiger partial charge in [-0.1, -0.05) is 0 Å². The van der Waals surface area contributed by atoms with Gasteiger partial charge >= 0.3 is 0 Å². The number of primary amides is 1. The van der Waals surface area contributed by atoms with Crippen molar-refractivity contribution in [3.8, 4) is 0 Å². The second-order valence-corrected chi connectivity index (χ2v) is 5.80. The molecule has 2 unspecified atom stereocenters. The number of nitrogens with zero attached hydrogens (tertiary/aromatic N) is 2. The first kappa shape index (κ1) is 14.3. The molecule has 0 radical (unpaired) electrons. The molecule has 0 aliphatic carbocycles. The number of carbonyl (C=O) groups is 1. The Morgan fingerprint density at radius 2 is 2.29 bits per heavy atom. The summed E-state index contributed by atoms with van der Waals surface area (Å²) in [5, 5.41) is 3.17. The lowest BCUT2D eigenvalue weighted by molar-refractivity contribution is -0.160. The van der Waals surface area contributed by atoms with E-state index < -0.39 is 11.7 Å². The fraction of sp³-hybridized carbons (Fsp3) is 0.692. The number of amides is 1. The van der Waals surface area contributed by atoms with Crippen molar-refractivity contribution in [1.29, 1.82) is 0 Å². The predicted molar refractivity (Wildman–Crippen MR) is 73.6 cm³/mol. The van der Waals surface area contributed by atoms with Crippen molar-refractivity contribution >= 4 is 11.7 Å². The van der Waals surface area contributed by atoms with Gasteiger partial charge < -0.3 is 25.3 Å². The van der Waals surface area contributed by atoms with Crippen LogP contribution in [0.5, 0.6) is 0 Å². The number of nitrogens with two attached hydrogens (primary N) is 1. The molecule has 8 heteroatoms. The van der Waals surface area contributed by atoms with Gasteiger partial charge in [-0.05, 0) is 20.8 Å². The van der Waals surface area contributed by atoms with Gasteiger partial charge in [0.1, 0.15) is 24.8 Å². The molecule has 0 aromatic carbocycles. The zero-order valence-corrected chi connectivity index (χ0v) is 12.3. The lowest BCUT2D eigenvalue weighted by Crippen LogP contribution is -2.40. The van der Waals surface area contributed by atoms with Crippen molar-refractivity contribution in [2.45, 2.75) is 51.6 Å². The van der Waals surface area contributed by atoms with Gasteiger partial charge in [0.05, 0.1) is 12.4 Å². The summed E-state index contributed by atoms with van der Waals surface area (Å²) in [5.74, 6) is -0.602. The first-order valence-electron chi connectivity index (χ1n) is 6.93. The molecule has 3 heterocycles. The van der Waals surface area contributed by atoms with E-state index in [-0.39, 0.29) is 30.7 Å². The Morgan fingerprint density at radius 3 is 2.90 bits per heavy atom. The van der Waals surface area contributed by atoms with Crippen LogP contribution in [0.3, 0.4) is 0 Å². The van der Waals surface area contributed by atoms with Crippen LogP contribution in [0, 0.1) is 0 Å². The molecule has 0 spiro atoms. The largest absolute Gasteiger partial charge is 0.367 e. The maximum Gasteiger partial charge on any atom is 0.271 e. The van der Waals surface area contributed by atoms with Crippen LogP contribution in [0.15, 0.2) is 6.33 Å². The minimum Gasteiger partial charge on any atom is -0.367 e. The van der Waals surface area contributed by atoms with Gasteiger partial charge in [0, 0.05) is 6.54 Å². The smallest absolute Gasteiger partial charge is 0.271 e. The Labute approximate surface area is 122 Å². The monoisotopic (exact) mass is 296 g/mol. The van der Waals surface area contributed by atoms with E-state index in [1.165, 1.54) is 6.33 Å². The number of carbonyl (C=O) groups excluding carboxylic acids is 1. The van der Waals surface area contributed by atoms with Gasteiger partial charge in [-0.25, -0.2) is 4.98 Å². The van der Waals surface area contributed by atoms with Gasteiger partial charge in [0.25, 0.3) is 5.91 Å². The number of hydrogen-bond acceptors (Lipinski definition) is 6. The third kappa shape index (κ3) is 2.61. The standard InChI is InChI=1S/C13H20N4O4/c1-7-10(21-13(2,3)20-7)8-4-15-12-9(11(14)18)16-5-17(12)6-19-8/h5,7-8,10,15H,4,6H2,1-3H3,(H2,14,18)/t7?,8-,10?/m1/s1. The lowest BCUT2D eigenvalue weighted by atomic mass is 10.1. The third-order valence-electron chi connectivity index (χ3n) is 3.69. The van der Waals surface area contributed by atoms with Gasteiger partial charge in [-0.2, -0.15) is 0 Å². The normalized spacial score (nSPS) is 31.3. The van der Waals surface area contributed by atoms with Crippen LogP contribution < -0.4 is 11.1 Å². The number of imidazole rings is 1. The average Bonchev–Trinajstić information content (AvgIpc) is 2.83. The SMILES string of the molecule is CC1OC(C)(C)OC1[C@H]1CNc2c(C(N)=O)ncn2CO1. The summed E-state index contributed by atoms with van der Waals surface area (Å²) in [6.45, 7) is 6.49. The van der Waals surface area contributed by atoms with Crippen molar-refractivity contribution in [1.82, 2.24) is 9.55 Å². The van der Waals surface area contributed by atoms with Crippen LogP contribution >= 0.6 is 0 Å². The number of aromatic nitrogens is 2. The summed E-state index contributed by atoms with van der Waals surface area (Å²) in [5.41, 5.74) is 5.53. The van der Waals surface area contributed by atoms with E-state index in [2.05, 4.69) is 10.3 Å². The summed E-state index contributed by atoms with van der Waals surface area (Å²) < 4.78 is 19.2. The highest BCUT2D eigenvalue weighted by Gasteiger charge is 2.44. The quantitative estimate of drug-likeness (QED) is 0.813. The number of ether oxygens (including phenoxy) is 3. The van der Waals surface area contributed by atoms with Gasteiger partial charge in [-0.3, -0.25) is 9.36 Å². The molecular weight excluding hydrogens is 276 g/mol. The molecule has 3 atom stereocenters. The third-order valence-corrected chi connectivity index (χ3v) is 3.69. The van der Waals surface area contributed by atoms with Crippen LogP contribution in [0.1, 0.15) is 31.3 Å². The van der Waals surface area contributed by atoms with E-state index in [0.29, 0.717) is 12.4 Å². The molecule has 3 N–H and O–H groups in total. The minimum atomic E-state index is -0.616. The highest BCUT2D eigenvalue weighted by molar-refractivity contribution is 5.95. The minimum absolute atomic E-state index is 0.0713. The summed E-state index contributed by atoms with van der Waals surface area (Å²) in [6, 6.07) is 0. The Balaban J connectivity index is 1.75. The van der Waals surface area contributed by atoms with Crippen LogP contribution in [0.4, 0.5) is 5.82 Å². The van der Waals surface area contributed by atoms with E-state index in [0.717, 1.165) is 0 Å². The molecule has 1 amide bonds. The number of nitrogens with one attached hydrogen (secondary N) is 1. The summed E-state index contributed by atoms with van der Waals surface area (Å²) in [4.78, 5) is 15.3. The molecule has 1 fully saturated rings. The Kier molecular flexibility index (Phi) is 3.39. The fourth-order valence-electron chi connectivity index (χ4n) is 2.83. The summed E-state index contributed by atoms with van der Waals surface area (Å²) >= 11 is 0. The van der Waals surface area contributed by atoms with Crippen molar-refractivity contribution in [2.24, 2.45) is 5.73 Å². The number of anilines is 1. The van der Waals surface area contributed by atoms with E-state index in [1.54, 1.807) is 4.57 Å². The average molecular weight is 296 g/mol. The van der Waals surface area contributed by atoms with Crippen LogP contribution in [-0.2, 0) is 20.9 Å². The van der Waals surface area contributed by atoms with Crippen molar-refractivity contribution in [2.75, 3.05) is 11.9 Å². The Morgan fingerprint density at radius 1 is 1.52 bits per heavy atom. The second-order valence-electron chi connectivity index (χ2n) is 5.80. The molecule has 3 rings (SSSR count). The molecular formula is C13H20N4O4. The molecule has 2 aliphatic rings. The zero-order valence-electron chi connectivity index (χ0n) is 12.3. The maximum absolute atomic E-state index is 11.3. The van der Waals surface area contributed by atoms with Crippen LogP contribution in [0.25, 0.3) is 0 Å². The van der Waals surface area contributed by atoms with Gasteiger partial charge in [0.15, 0.2) is 11.5 Å². The molecule has 0 bridgehead atoms. The van der Waals surface area contributed by atoms with Gasteiger partial charge in [0.2, 0.25) is 0 Å². The molecule has 2 aliphatic heterocycles. The molecule has 0 saturated carbocycles. The molecule has 21 heavy (non-hydrogen) atoms. The molecule has 1 aromatic rings. The fourth-order valence-corrected chi connectivity index (χ4v) is 2.83. The van der Waals surface area contributed by atoms with Crippen molar-refractivity contribution in [3.05, 3.63) is 12.0 Å². The Bertz CT molecular complexity index is 556. The molecule has 1 aromatic heterocycles. The number of fused-ring (bicyclic) bond motifs is 1. The highest BCUT2D eigenvalue weighted by Crippen LogP contribution is 2.32. The van der Waals surface area contributed by atoms with E-state index in [1.807, 2.05) is 20.8 Å². The first-order chi connectivity index (χ1) is 9.87. The zero-order chi connectivity index (χ0) is 15.2. The Hall–Kier alpha value is -1.64. The molecule has 8 nitrogen and oxygen atoms in total. The second kappa shape index (κ2) is 4.97. The summed E-state index contributed by atoms with van der Waals surface area (Å²) in [7, 11) is 0. The highest BCUT2D eigenvalue weighted by atomic mass is 16.8. The lowest BCUT2D eigenvalue weighted by Gasteiger charge is -2.24. The van der Waals surface area contributed by atoms with Crippen molar-refractivity contribution in [3.63, 3.8) is 0 Å². The van der Waals surface area contributed by atoms with Crippen LogP contribution in [-0.4, -0.2) is 46.1 Å². The number of rotatable bonds is 2. The first-order valence-corrected chi connectivity index (χ1v) is 6.93. The topological polar surface area (TPSA) is 101 Å².